The fourth-order valence-electron chi connectivity index (χ4n) is 4.89. The summed E-state index contributed by atoms with van der Waals surface area (Å²) >= 11 is 0. The SMILES string of the molecule is O=C1C[C@H](c2cc(O)c(O)cc2O[C@@H]2OC[C@H](O)[C@H](O)[C@H]2O)Oc2cc(O[C@@H]3O[C@H](CO)[C@@H](O)[C@H](O)[C@H]3O)cc(O)c21. The zero-order chi connectivity index (χ0) is 30.5. The number of phenolic OH excluding ortho intramolecular Hbond substituents is 3. The van der Waals surface area contributed by atoms with Crippen LogP contribution in [0.4, 0.5) is 0 Å². The van der Waals surface area contributed by atoms with Gasteiger partial charge >= 0.3 is 0 Å². The van der Waals surface area contributed by atoms with Crippen molar-refractivity contribution in [3.63, 3.8) is 0 Å². The van der Waals surface area contributed by atoms with Gasteiger partial charge in [0.15, 0.2) is 17.3 Å². The Morgan fingerprint density at radius 1 is 0.786 bits per heavy atom. The van der Waals surface area contributed by atoms with E-state index in [4.69, 9.17) is 23.7 Å². The number of ketones is 1. The van der Waals surface area contributed by atoms with E-state index in [2.05, 4.69) is 0 Å². The molecule has 230 valence electrons. The number of hydrogen-bond acceptors (Lipinski definition) is 16. The predicted octanol–water partition coefficient (Wildman–Crippen LogP) is -2.49. The predicted molar refractivity (Wildman–Crippen MR) is 133 cm³/mol. The average molecular weight is 599 g/mol. The molecule has 5 rings (SSSR count). The highest BCUT2D eigenvalue weighted by Crippen LogP contribution is 2.46. The molecule has 16 heteroatoms. The minimum absolute atomic E-state index is 0.000423. The monoisotopic (exact) mass is 598 g/mol. The number of aromatic hydroxyl groups is 3. The van der Waals surface area contributed by atoms with Crippen molar-refractivity contribution in [2.24, 2.45) is 0 Å². The molecule has 3 heterocycles. The lowest BCUT2D eigenvalue weighted by Gasteiger charge is -2.39. The van der Waals surface area contributed by atoms with Crippen LogP contribution < -0.4 is 14.2 Å². The van der Waals surface area contributed by atoms with Gasteiger partial charge in [0.05, 0.1) is 19.6 Å². The van der Waals surface area contributed by atoms with Gasteiger partial charge in [-0.2, -0.15) is 0 Å². The van der Waals surface area contributed by atoms with Crippen LogP contribution in [0.15, 0.2) is 24.3 Å². The van der Waals surface area contributed by atoms with E-state index in [0.717, 1.165) is 18.2 Å². The van der Waals surface area contributed by atoms with Gasteiger partial charge in [-0.05, 0) is 6.07 Å². The van der Waals surface area contributed by atoms with Gasteiger partial charge in [-0.25, -0.2) is 0 Å². The molecule has 10 atom stereocenters. The van der Waals surface area contributed by atoms with Crippen LogP contribution in [-0.4, -0.2) is 125 Å². The number of carbonyl (C=O) groups excluding carboxylic acids is 1. The summed E-state index contributed by atoms with van der Waals surface area (Å²) in [7, 11) is 0. The molecule has 0 aromatic heterocycles. The largest absolute Gasteiger partial charge is 0.507 e. The van der Waals surface area contributed by atoms with Crippen LogP contribution in [0.5, 0.6) is 34.5 Å². The van der Waals surface area contributed by atoms with E-state index in [1.54, 1.807) is 0 Å². The molecule has 0 unspecified atom stereocenters. The Hall–Kier alpha value is -3.45. The third-order valence-electron chi connectivity index (χ3n) is 7.23. The first-order chi connectivity index (χ1) is 19.9. The minimum atomic E-state index is -1.76. The second kappa shape index (κ2) is 11.7. The van der Waals surface area contributed by atoms with Crippen LogP contribution in [0.1, 0.15) is 28.4 Å². The molecule has 0 saturated carbocycles. The van der Waals surface area contributed by atoms with Gasteiger partial charge in [0.25, 0.3) is 0 Å². The number of fused-ring (bicyclic) bond motifs is 1. The Balaban J connectivity index is 1.43. The van der Waals surface area contributed by atoms with Crippen molar-refractivity contribution in [1.82, 2.24) is 0 Å². The molecule has 0 bridgehead atoms. The van der Waals surface area contributed by atoms with E-state index in [0.29, 0.717) is 0 Å². The van der Waals surface area contributed by atoms with Crippen molar-refractivity contribution < 1.29 is 79.5 Å². The zero-order valence-corrected chi connectivity index (χ0v) is 21.6. The highest BCUT2D eigenvalue weighted by Gasteiger charge is 2.45. The summed E-state index contributed by atoms with van der Waals surface area (Å²) in [5, 5.41) is 100. The topological polar surface area (TPSA) is 266 Å². The van der Waals surface area contributed by atoms with Crippen molar-refractivity contribution in [3.05, 3.63) is 35.4 Å². The molecule has 42 heavy (non-hydrogen) atoms. The third-order valence-corrected chi connectivity index (χ3v) is 7.23. The Morgan fingerprint density at radius 2 is 1.48 bits per heavy atom. The van der Waals surface area contributed by atoms with Crippen LogP contribution in [0.3, 0.4) is 0 Å². The standard InChI is InChI=1S/C26H30O16/c27-6-18-21(34)22(35)24(37)26(42-18)39-8-1-12(30)19-13(31)5-15(40-17(19)2-8)9-3-10(28)11(29)4-16(9)41-25-23(36)20(33)14(32)7-38-25/h1-4,14-15,18,20-30,32-37H,5-7H2/t14-,15+,18+,20-,21+,22-,23+,24+,25-,26+/m0/s1. The maximum absolute atomic E-state index is 13.1. The summed E-state index contributed by atoms with van der Waals surface area (Å²) in [6.45, 7) is -1.09. The first-order valence-electron chi connectivity index (χ1n) is 12.8. The summed E-state index contributed by atoms with van der Waals surface area (Å²) in [5.74, 6) is -3.02. The summed E-state index contributed by atoms with van der Waals surface area (Å²) in [4.78, 5) is 13.1. The van der Waals surface area contributed by atoms with Crippen LogP contribution in [0, 0.1) is 0 Å². The van der Waals surface area contributed by atoms with Gasteiger partial charge in [0.1, 0.15) is 77.4 Å². The second-order valence-corrected chi connectivity index (χ2v) is 10.1. The van der Waals surface area contributed by atoms with Gasteiger partial charge in [0, 0.05) is 23.8 Å². The molecular formula is C26H30O16. The van der Waals surface area contributed by atoms with Gasteiger partial charge in [-0.1, -0.05) is 0 Å². The number of aliphatic hydroxyl groups excluding tert-OH is 7. The maximum atomic E-state index is 13.1. The van der Waals surface area contributed by atoms with Crippen LogP contribution in [-0.2, 0) is 9.47 Å². The highest BCUT2D eigenvalue weighted by molar-refractivity contribution is 6.02. The lowest BCUT2D eigenvalue weighted by atomic mass is 9.94. The average Bonchev–Trinajstić information content (AvgIpc) is 2.94. The quantitative estimate of drug-likeness (QED) is 0.154. The number of aliphatic hydroxyl groups is 7. The summed E-state index contributed by atoms with van der Waals surface area (Å²) in [5.41, 5.74) is -0.221. The van der Waals surface area contributed by atoms with E-state index in [-0.39, 0.29) is 41.4 Å². The molecule has 2 aromatic carbocycles. The number of hydrogen-bond donors (Lipinski definition) is 10. The molecule has 3 aliphatic heterocycles. The van der Waals surface area contributed by atoms with Gasteiger partial charge in [0.2, 0.25) is 12.6 Å². The Bertz CT molecular complexity index is 1320. The van der Waals surface area contributed by atoms with Crippen molar-refractivity contribution >= 4 is 5.78 Å². The maximum Gasteiger partial charge on any atom is 0.229 e. The smallest absolute Gasteiger partial charge is 0.229 e. The summed E-state index contributed by atoms with van der Waals surface area (Å²) < 4.78 is 27.7. The molecule has 2 fully saturated rings. The first kappa shape index (κ1) is 30.0. The van der Waals surface area contributed by atoms with Crippen molar-refractivity contribution in [2.45, 2.75) is 67.8 Å². The Morgan fingerprint density at radius 3 is 2.19 bits per heavy atom. The number of benzene rings is 2. The first-order valence-corrected chi connectivity index (χ1v) is 12.8. The summed E-state index contributed by atoms with van der Waals surface area (Å²) in [6, 6.07) is 4.22. The molecule has 0 amide bonds. The van der Waals surface area contributed by atoms with E-state index in [1.165, 1.54) is 6.07 Å². The molecule has 16 nitrogen and oxygen atoms in total. The second-order valence-electron chi connectivity index (χ2n) is 10.1. The number of Topliss-reactive ketones (excluding diaryl/α,β-unsaturated/α-hetero) is 1. The fraction of sp³-hybridized carbons (Fsp3) is 0.500. The lowest BCUT2D eigenvalue weighted by Crippen LogP contribution is -2.60. The molecule has 0 spiro atoms. The third kappa shape index (κ3) is 5.51. The van der Waals surface area contributed by atoms with E-state index >= 15 is 0 Å². The number of ether oxygens (including phenoxy) is 5. The minimum Gasteiger partial charge on any atom is -0.507 e. The van der Waals surface area contributed by atoms with E-state index in [9.17, 15) is 55.9 Å². The number of phenols is 3. The van der Waals surface area contributed by atoms with Crippen LogP contribution >= 0.6 is 0 Å². The van der Waals surface area contributed by atoms with Gasteiger partial charge < -0.3 is 74.7 Å². The van der Waals surface area contributed by atoms with Crippen molar-refractivity contribution in [2.75, 3.05) is 13.2 Å². The molecule has 0 radical (unpaired) electrons. The molecule has 2 aromatic rings. The van der Waals surface area contributed by atoms with Gasteiger partial charge in [-0.3, -0.25) is 4.79 Å². The Kier molecular flexibility index (Phi) is 8.35. The van der Waals surface area contributed by atoms with Gasteiger partial charge in [-0.15, -0.1) is 0 Å². The summed E-state index contributed by atoms with van der Waals surface area (Å²) in [6.07, 6.45) is -15.8. The van der Waals surface area contributed by atoms with E-state index < -0.39 is 91.1 Å². The number of carbonyl (C=O) groups is 1. The molecule has 0 aliphatic carbocycles. The normalized spacial score (nSPS) is 34.8. The van der Waals surface area contributed by atoms with Crippen molar-refractivity contribution in [3.8, 4) is 34.5 Å². The van der Waals surface area contributed by atoms with Crippen LogP contribution in [0.25, 0.3) is 0 Å². The Labute approximate surface area is 236 Å². The molecule has 3 aliphatic rings. The van der Waals surface area contributed by atoms with Crippen molar-refractivity contribution in [1.29, 1.82) is 0 Å². The lowest BCUT2D eigenvalue weighted by molar-refractivity contribution is -0.277. The van der Waals surface area contributed by atoms with Crippen LogP contribution in [0.2, 0.25) is 0 Å². The number of rotatable bonds is 6. The molecular weight excluding hydrogens is 568 g/mol. The highest BCUT2D eigenvalue weighted by atomic mass is 16.7. The van der Waals surface area contributed by atoms with E-state index in [1.807, 2.05) is 0 Å². The fourth-order valence-corrected chi connectivity index (χ4v) is 4.89. The zero-order valence-electron chi connectivity index (χ0n) is 21.6. The molecule has 2 saturated heterocycles. The molecule has 10 N–H and O–H groups in total.